The van der Waals surface area contributed by atoms with Crippen LogP contribution in [0.2, 0.25) is 5.02 Å². The van der Waals surface area contributed by atoms with E-state index >= 15 is 0 Å². The SMILES string of the molecule is CNC(=O)c1cc([C@H](Nc2cc(Cl)cc3c(NCC(C)(C)C)c(C#N)cnc23)c2cn(C3(C(F)(F)F)CC3)nn2)ccc1F. The van der Waals surface area contributed by atoms with Crippen LogP contribution in [0.25, 0.3) is 10.9 Å². The van der Waals surface area contributed by atoms with E-state index in [-0.39, 0.29) is 34.5 Å². The molecule has 14 heteroatoms. The third kappa shape index (κ3) is 5.86. The monoisotopic (exact) mass is 628 g/mol. The van der Waals surface area contributed by atoms with E-state index in [9.17, 15) is 27.6 Å². The first kappa shape index (κ1) is 31.0. The Bertz CT molecular complexity index is 1790. The smallest absolute Gasteiger partial charge is 0.383 e. The molecular weight excluding hydrogens is 600 g/mol. The minimum atomic E-state index is -4.54. The van der Waals surface area contributed by atoms with Crippen molar-refractivity contribution in [1.29, 1.82) is 5.26 Å². The van der Waals surface area contributed by atoms with Crippen LogP contribution < -0.4 is 16.0 Å². The summed E-state index contributed by atoms with van der Waals surface area (Å²) >= 11 is 6.55. The van der Waals surface area contributed by atoms with Crippen LogP contribution in [0.15, 0.2) is 42.7 Å². The number of halogens is 5. The maximum absolute atomic E-state index is 14.6. The van der Waals surface area contributed by atoms with Gasteiger partial charge in [0.05, 0.1) is 40.3 Å². The first-order chi connectivity index (χ1) is 20.7. The van der Waals surface area contributed by atoms with Gasteiger partial charge in [-0.1, -0.05) is 43.7 Å². The van der Waals surface area contributed by atoms with E-state index in [0.29, 0.717) is 39.9 Å². The Balaban J connectivity index is 1.66. The molecule has 1 aliphatic rings. The normalized spacial score (nSPS) is 15.0. The summed E-state index contributed by atoms with van der Waals surface area (Å²) in [4.78, 5) is 16.9. The third-order valence-corrected chi connectivity index (χ3v) is 7.66. The first-order valence-corrected chi connectivity index (χ1v) is 14.1. The van der Waals surface area contributed by atoms with Crippen molar-refractivity contribution in [2.75, 3.05) is 24.2 Å². The fourth-order valence-electron chi connectivity index (χ4n) is 4.90. The number of nitrogens with zero attached hydrogens (tertiary/aromatic N) is 5. The Morgan fingerprint density at radius 3 is 2.55 bits per heavy atom. The van der Waals surface area contributed by atoms with Gasteiger partial charge in [-0.25, -0.2) is 9.07 Å². The van der Waals surface area contributed by atoms with Crippen LogP contribution >= 0.6 is 11.6 Å². The van der Waals surface area contributed by atoms with Gasteiger partial charge in [-0.05, 0) is 48.1 Å². The van der Waals surface area contributed by atoms with Gasteiger partial charge in [0.2, 0.25) is 0 Å². The van der Waals surface area contributed by atoms with Gasteiger partial charge >= 0.3 is 6.18 Å². The minimum absolute atomic E-state index is 0.0860. The summed E-state index contributed by atoms with van der Waals surface area (Å²) in [5, 5.41) is 27.5. The molecular formula is C30H29ClF4N8O. The number of fused-ring (bicyclic) bond motifs is 1. The number of anilines is 2. The van der Waals surface area contributed by atoms with E-state index in [4.69, 9.17) is 11.6 Å². The number of nitriles is 1. The molecule has 1 fully saturated rings. The second-order valence-corrected chi connectivity index (χ2v) is 12.4. The van der Waals surface area contributed by atoms with Gasteiger partial charge < -0.3 is 16.0 Å². The zero-order chi connectivity index (χ0) is 32.0. The van der Waals surface area contributed by atoms with Crippen molar-refractivity contribution in [2.24, 2.45) is 5.41 Å². The molecule has 0 bridgehead atoms. The molecule has 2 aromatic heterocycles. The Labute approximate surface area is 255 Å². The molecule has 2 heterocycles. The molecule has 1 saturated carbocycles. The number of pyridine rings is 1. The molecule has 1 aliphatic carbocycles. The van der Waals surface area contributed by atoms with Crippen molar-refractivity contribution >= 4 is 39.8 Å². The lowest BCUT2D eigenvalue weighted by molar-refractivity contribution is -0.182. The molecule has 2 aromatic carbocycles. The van der Waals surface area contributed by atoms with Crippen molar-refractivity contribution in [2.45, 2.75) is 51.4 Å². The third-order valence-electron chi connectivity index (χ3n) is 7.44. The molecule has 9 nitrogen and oxygen atoms in total. The highest BCUT2D eigenvalue weighted by Gasteiger charge is 2.66. The lowest BCUT2D eigenvalue weighted by Gasteiger charge is -2.23. The number of benzene rings is 2. The summed E-state index contributed by atoms with van der Waals surface area (Å²) in [6.45, 7) is 6.63. The number of rotatable bonds is 8. The van der Waals surface area contributed by atoms with Crippen LogP contribution in [-0.4, -0.2) is 45.7 Å². The molecule has 1 atom stereocenters. The molecule has 0 spiro atoms. The summed E-state index contributed by atoms with van der Waals surface area (Å²) in [5.74, 6) is -1.47. The second kappa shape index (κ2) is 11.2. The predicted molar refractivity (Wildman–Crippen MR) is 158 cm³/mol. The van der Waals surface area contributed by atoms with E-state index < -0.39 is 29.5 Å². The number of alkyl halides is 3. The molecule has 5 rings (SSSR count). The highest BCUT2D eigenvalue weighted by molar-refractivity contribution is 6.32. The Morgan fingerprint density at radius 1 is 1.20 bits per heavy atom. The zero-order valence-corrected chi connectivity index (χ0v) is 25.0. The molecule has 230 valence electrons. The molecule has 4 aromatic rings. The molecule has 1 amide bonds. The lowest BCUT2D eigenvalue weighted by atomic mass is 9.96. The van der Waals surface area contributed by atoms with Crippen molar-refractivity contribution in [3.63, 3.8) is 0 Å². The molecule has 3 N–H and O–H groups in total. The number of carbonyl (C=O) groups excluding carboxylic acids is 1. The maximum atomic E-state index is 14.6. The Morgan fingerprint density at radius 2 is 1.93 bits per heavy atom. The Hall–Kier alpha value is -4.44. The summed E-state index contributed by atoms with van der Waals surface area (Å²) in [5.41, 5.74) is -0.550. The van der Waals surface area contributed by atoms with E-state index in [1.807, 2.05) is 20.8 Å². The van der Waals surface area contributed by atoms with Crippen LogP contribution in [0.4, 0.5) is 28.9 Å². The molecule has 0 unspecified atom stereocenters. The van der Waals surface area contributed by atoms with Crippen LogP contribution in [0, 0.1) is 22.6 Å². The topological polar surface area (TPSA) is 121 Å². The number of amides is 1. The van der Waals surface area contributed by atoms with Crippen LogP contribution in [0.1, 0.15) is 66.8 Å². The first-order valence-electron chi connectivity index (χ1n) is 13.7. The predicted octanol–water partition coefficient (Wildman–Crippen LogP) is 6.56. The fraction of sp³-hybridized carbons (Fsp3) is 0.367. The highest BCUT2D eigenvalue weighted by atomic mass is 35.5. The molecule has 0 saturated heterocycles. The van der Waals surface area contributed by atoms with Crippen LogP contribution in [-0.2, 0) is 5.54 Å². The van der Waals surface area contributed by atoms with Crippen LogP contribution in [0.5, 0.6) is 0 Å². The minimum Gasteiger partial charge on any atom is -0.383 e. The van der Waals surface area contributed by atoms with E-state index in [0.717, 1.165) is 10.7 Å². The summed E-state index contributed by atoms with van der Waals surface area (Å²) < 4.78 is 57.1. The van der Waals surface area contributed by atoms with Crippen molar-refractivity contribution < 1.29 is 22.4 Å². The van der Waals surface area contributed by atoms with Gasteiger partial charge in [0.1, 0.15) is 17.6 Å². The van der Waals surface area contributed by atoms with E-state index in [1.165, 1.54) is 31.6 Å². The van der Waals surface area contributed by atoms with Crippen LogP contribution in [0.3, 0.4) is 0 Å². The summed E-state index contributed by atoms with van der Waals surface area (Å²) in [7, 11) is 1.35. The average molecular weight is 629 g/mol. The number of nitrogens with one attached hydrogen (secondary N) is 3. The fourth-order valence-corrected chi connectivity index (χ4v) is 5.12. The number of aromatic nitrogens is 4. The zero-order valence-electron chi connectivity index (χ0n) is 24.3. The number of carbonyl (C=O) groups is 1. The van der Waals surface area contributed by atoms with Crippen molar-refractivity contribution in [3.8, 4) is 6.07 Å². The van der Waals surface area contributed by atoms with Gasteiger partial charge in [0.15, 0.2) is 5.54 Å². The van der Waals surface area contributed by atoms with E-state index in [1.54, 1.807) is 12.1 Å². The highest BCUT2D eigenvalue weighted by Crippen LogP contribution is 2.55. The van der Waals surface area contributed by atoms with Gasteiger partial charge in [-0.2, -0.15) is 18.4 Å². The van der Waals surface area contributed by atoms with E-state index in [2.05, 4.69) is 37.3 Å². The molecule has 44 heavy (non-hydrogen) atoms. The van der Waals surface area contributed by atoms with Gasteiger partial charge in [-0.3, -0.25) is 9.78 Å². The quantitative estimate of drug-likeness (QED) is 0.189. The second-order valence-electron chi connectivity index (χ2n) is 11.9. The van der Waals surface area contributed by atoms with Crippen molar-refractivity contribution in [1.82, 2.24) is 25.3 Å². The molecule has 0 radical (unpaired) electrons. The standard InChI is InChI=1S/C30H29ClF4N8O/c1-28(2,3)15-39-24-17(12-36)13-38-26-20(24)10-18(31)11-22(26)40-25(16-5-6-21(32)19(9-16)27(44)37-4)23-14-43(42-41-23)29(7-8-29)30(33,34)35/h5-6,9-11,13-14,25,40H,7-8,15H2,1-4H3,(H,37,44)(H,38,39)/t25-/m0/s1. The number of hydrogen-bond acceptors (Lipinski definition) is 7. The largest absolute Gasteiger partial charge is 0.413 e. The maximum Gasteiger partial charge on any atom is 0.413 e. The van der Waals surface area contributed by atoms with Gasteiger partial charge in [0, 0.05) is 30.2 Å². The van der Waals surface area contributed by atoms with Crippen molar-refractivity contribution in [3.05, 3.63) is 75.9 Å². The summed E-state index contributed by atoms with van der Waals surface area (Å²) in [6.07, 6.45) is -2.19. The average Bonchev–Trinajstić information content (AvgIpc) is 3.65. The summed E-state index contributed by atoms with van der Waals surface area (Å²) in [6, 6.07) is 8.17. The lowest BCUT2D eigenvalue weighted by Crippen LogP contribution is -2.35. The Kier molecular flexibility index (Phi) is 7.92. The number of hydrogen-bond donors (Lipinski definition) is 3. The van der Waals surface area contributed by atoms with Gasteiger partial charge in [-0.15, -0.1) is 5.10 Å². The van der Waals surface area contributed by atoms with Gasteiger partial charge in [0.25, 0.3) is 5.91 Å². The molecule has 0 aliphatic heterocycles.